The molecule has 5 aromatic rings. The number of carbonyl (C=O) groups is 2. The third kappa shape index (κ3) is 8.07. The maximum Gasteiger partial charge on any atom is 0.320 e. The fraction of sp³-hybridized carbons (Fsp3) is 0.425. The first-order valence-corrected chi connectivity index (χ1v) is 18.8. The Morgan fingerprint density at radius 1 is 0.963 bits per heavy atom. The number of hydrogen-bond donors (Lipinski definition) is 4. The molecule has 1 saturated heterocycles. The second-order valence-corrected chi connectivity index (χ2v) is 15.3. The molecule has 1 aliphatic heterocycles. The van der Waals surface area contributed by atoms with Gasteiger partial charge in [-0.25, -0.2) is 14.3 Å². The number of nitrogens with zero attached hydrogens (tertiary/aromatic N) is 6. The molecule has 2 aliphatic rings. The van der Waals surface area contributed by atoms with E-state index in [-0.39, 0.29) is 36.2 Å². The van der Waals surface area contributed by atoms with Crippen LogP contribution in [-0.4, -0.2) is 61.7 Å². The lowest BCUT2D eigenvalue weighted by Crippen LogP contribution is -2.38. The van der Waals surface area contributed by atoms with Crippen LogP contribution in [0.4, 0.5) is 21.4 Å². The molecule has 2 aromatic carbocycles. The van der Waals surface area contributed by atoms with Crippen molar-refractivity contribution in [1.82, 2.24) is 35.0 Å². The Morgan fingerprint density at radius 2 is 1.78 bits per heavy atom. The van der Waals surface area contributed by atoms with Gasteiger partial charge in [-0.15, -0.1) is 10.2 Å². The third-order valence-corrected chi connectivity index (χ3v) is 10.1. The summed E-state index contributed by atoms with van der Waals surface area (Å²) >= 11 is 0. The minimum Gasteiger partial charge on any atom is -0.489 e. The quantitative estimate of drug-likeness (QED) is 0.122. The second kappa shape index (κ2) is 15.3. The van der Waals surface area contributed by atoms with Crippen LogP contribution < -0.4 is 36.1 Å². The molecule has 5 N–H and O–H groups in total. The highest BCUT2D eigenvalue weighted by molar-refractivity contribution is 5.89. The molecule has 0 radical (unpaired) electrons. The van der Waals surface area contributed by atoms with Crippen LogP contribution in [0.3, 0.4) is 0 Å². The van der Waals surface area contributed by atoms with E-state index in [1.807, 2.05) is 72.1 Å². The number of pyridine rings is 1. The number of nitrogens with two attached hydrogens (primary N) is 1. The number of rotatable bonds is 10. The van der Waals surface area contributed by atoms with E-state index in [2.05, 4.69) is 70.9 Å². The van der Waals surface area contributed by atoms with Crippen LogP contribution in [0.15, 0.2) is 72.9 Å². The molecule has 0 bridgehead atoms. The Hall–Kier alpha value is -5.79. The van der Waals surface area contributed by atoms with Gasteiger partial charge in [0.15, 0.2) is 5.65 Å². The van der Waals surface area contributed by atoms with Gasteiger partial charge in [-0.3, -0.25) is 9.72 Å². The van der Waals surface area contributed by atoms with Gasteiger partial charge in [-0.05, 0) is 81.3 Å². The Bertz CT molecular complexity index is 2120. The zero-order valence-electron chi connectivity index (χ0n) is 31.6. The van der Waals surface area contributed by atoms with E-state index < -0.39 is 6.03 Å². The molecular weight excluding hydrogens is 685 g/mol. The molecule has 7 rings (SSSR count). The minimum atomic E-state index is -0.609. The molecule has 2 unspecified atom stereocenters. The molecular formula is C40H50N10O4. The van der Waals surface area contributed by atoms with Gasteiger partial charge >= 0.3 is 12.1 Å². The number of amides is 4. The van der Waals surface area contributed by atoms with Crippen molar-refractivity contribution < 1.29 is 19.1 Å². The van der Waals surface area contributed by atoms with E-state index in [0.29, 0.717) is 36.1 Å². The number of fused-ring (bicyclic) bond motifs is 2. The number of anilines is 2. The first-order chi connectivity index (χ1) is 25.9. The summed E-state index contributed by atoms with van der Waals surface area (Å²) in [6, 6.07) is 20.6. The van der Waals surface area contributed by atoms with Gasteiger partial charge in [0.2, 0.25) is 5.95 Å². The van der Waals surface area contributed by atoms with Crippen LogP contribution in [0.1, 0.15) is 95.7 Å². The first-order valence-electron chi connectivity index (χ1n) is 18.8. The summed E-state index contributed by atoms with van der Waals surface area (Å²) in [4.78, 5) is 27.2. The van der Waals surface area contributed by atoms with Crippen LogP contribution in [-0.2, 0) is 5.41 Å². The molecule has 3 aromatic heterocycles. The number of hydrogen-bond acceptors (Lipinski definition) is 8. The van der Waals surface area contributed by atoms with Crippen LogP contribution >= 0.6 is 0 Å². The van der Waals surface area contributed by atoms with Crippen molar-refractivity contribution in [2.45, 2.75) is 96.4 Å². The Labute approximate surface area is 315 Å². The van der Waals surface area contributed by atoms with E-state index in [0.717, 1.165) is 53.6 Å². The van der Waals surface area contributed by atoms with E-state index in [1.54, 1.807) is 4.68 Å². The van der Waals surface area contributed by atoms with Gasteiger partial charge in [-0.1, -0.05) is 51.1 Å². The lowest BCUT2D eigenvalue weighted by molar-refractivity contribution is 0.171. The van der Waals surface area contributed by atoms with Crippen LogP contribution in [0.25, 0.3) is 11.3 Å². The topological polar surface area (TPSA) is 166 Å². The van der Waals surface area contributed by atoms with E-state index >= 15 is 0 Å². The van der Waals surface area contributed by atoms with Gasteiger partial charge in [0.1, 0.15) is 29.5 Å². The molecule has 0 saturated carbocycles. The second-order valence-electron chi connectivity index (χ2n) is 15.3. The molecule has 1 aliphatic carbocycles. The molecule has 4 heterocycles. The highest BCUT2D eigenvalue weighted by Gasteiger charge is 2.31. The predicted octanol–water partition coefficient (Wildman–Crippen LogP) is 6.80. The maximum absolute atomic E-state index is 13.7. The van der Waals surface area contributed by atoms with Crippen molar-refractivity contribution in [3.8, 4) is 17.2 Å². The van der Waals surface area contributed by atoms with Crippen molar-refractivity contribution in [3.63, 3.8) is 0 Å². The van der Waals surface area contributed by atoms with Gasteiger partial charge in [0.05, 0.1) is 30.2 Å². The summed E-state index contributed by atoms with van der Waals surface area (Å²) in [6.45, 7) is 11.5. The summed E-state index contributed by atoms with van der Waals surface area (Å²) in [5.41, 5.74) is 9.31. The van der Waals surface area contributed by atoms with Gasteiger partial charge in [0, 0.05) is 30.1 Å². The minimum absolute atomic E-state index is 0.187. The zero-order chi connectivity index (χ0) is 38.0. The number of carbonyl (C=O) groups excluding carboxylic acids is 2. The van der Waals surface area contributed by atoms with E-state index in [9.17, 15) is 9.59 Å². The third-order valence-electron chi connectivity index (χ3n) is 10.1. The summed E-state index contributed by atoms with van der Waals surface area (Å²) < 4.78 is 16.4. The van der Waals surface area contributed by atoms with Crippen LogP contribution in [0, 0.1) is 0 Å². The molecule has 14 heteroatoms. The molecule has 284 valence electrons. The number of nitrogens with one attached hydrogen (secondary N) is 3. The predicted molar refractivity (Wildman–Crippen MR) is 208 cm³/mol. The lowest BCUT2D eigenvalue weighted by Gasteiger charge is -2.33. The van der Waals surface area contributed by atoms with Crippen molar-refractivity contribution in [1.29, 1.82) is 0 Å². The number of piperidine rings is 1. The Kier molecular flexibility index (Phi) is 10.3. The fourth-order valence-corrected chi connectivity index (χ4v) is 7.26. The first kappa shape index (κ1) is 36.6. The fourth-order valence-electron chi connectivity index (χ4n) is 7.26. The number of urea groups is 2. The molecule has 4 atom stereocenters. The molecule has 1 fully saturated rings. The van der Waals surface area contributed by atoms with Crippen molar-refractivity contribution in [3.05, 3.63) is 89.7 Å². The van der Waals surface area contributed by atoms with Gasteiger partial charge in [0.25, 0.3) is 0 Å². The number of primary amides is 1. The monoisotopic (exact) mass is 734 g/mol. The van der Waals surface area contributed by atoms with Crippen molar-refractivity contribution in [2.24, 2.45) is 5.73 Å². The van der Waals surface area contributed by atoms with Gasteiger partial charge < -0.3 is 30.7 Å². The normalized spacial score (nSPS) is 19.1. The summed E-state index contributed by atoms with van der Waals surface area (Å²) in [6.07, 6.45) is 6.40. The SMILES string of the molecule is CC(CNC(N)=O)Oc1cccc(-n2nc(C(C)(C)C)cc2NC(=O)N[C@H]2CC[C@@H](Oc3ccc4nnc(N5CCCCC5C)n4c3)c3ccccc32)c1. The average Bonchev–Trinajstić information content (AvgIpc) is 3.77. The van der Waals surface area contributed by atoms with Crippen molar-refractivity contribution >= 4 is 29.5 Å². The summed E-state index contributed by atoms with van der Waals surface area (Å²) in [5, 5.41) is 22.7. The standard InChI is InChI=1S/C40H50N10O4/c1-25-11-8-9-20-48(25)39-46-45-35-19-16-29(24-49(35)39)54-33-18-17-32(30-14-6-7-15-31(30)33)43-38(52)44-36-22-34(40(3,4)5)47-50(36)27-12-10-13-28(21-27)53-26(2)23-42-37(41)51/h6-7,10,12-16,19,21-22,24-26,32-33H,8-9,11,17-18,20,23H2,1-5H3,(H3,41,42,51)(H2,43,44,52)/t25?,26?,32-,33+/m0/s1. The number of ether oxygens (including phenoxy) is 2. The van der Waals surface area contributed by atoms with Gasteiger partial charge in [-0.2, -0.15) is 5.10 Å². The molecule has 0 spiro atoms. The maximum atomic E-state index is 13.7. The van der Waals surface area contributed by atoms with Crippen LogP contribution in [0.5, 0.6) is 11.5 Å². The number of benzene rings is 2. The highest BCUT2D eigenvalue weighted by Crippen LogP contribution is 2.39. The molecule has 4 amide bonds. The largest absolute Gasteiger partial charge is 0.489 e. The van der Waals surface area contributed by atoms with Crippen LogP contribution in [0.2, 0.25) is 0 Å². The van der Waals surface area contributed by atoms with E-state index in [1.165, 1.54) is 6.42 Å². The number of aromatic nitrogens is 5. The Balaban J connectivity index is 1.07. The smallest absolute Gasteiger partial charge is 0.320 e. The van der Waals surface area contributed by atoms with E-state index in [4.69, 9.17) is 20.3 Å². The highest BCUT2D eigenvalue weighted by atomic mass is 16.5. The average molecular weight is 735 g/mol. The summed E-state index contributed by atoms with van der Waals surface area (Å²) in [7, 11) is 0. The Morgan fingerprint density at radius 3 is 2.56 bits per heavy atom. The zero-order valence-corrected chi connectivity index (χ0v) is 31.6. The summed E-state index contributed by atoms with van der Waals surface area (Å²) in [5.74, 6) is 2.70. The molecule has 14 nitrogen and oxygen atoms in total. The molecule has 54 heavy (non-hydrogen) atoms. The van der Waals surface area contributed by atoms with Crippen molar-refractivity contribution in [2.75, 3.05) is 23.3 Å². The lowest BCUT2D eigenvalue weighted by atomic mass is 9.85.